The van der Waals surface area contributed by atoms with E-state index in [1.54, 1.807) is 0 Å². The summed E-state index contributed by atoms with van der Waals surface area (Å²) >= 11 is 0. The number of piperazine rings is 1. The average molecular weight is 423 g/mol. The number of aromatic nitrogens is 1. The van der Waals surface area contributed by atoms with E-state index in [9.17, 15) is 9.90 Å². The molecule has 4 atom stereocenters. The van der Waals surface area contributed by atoms with Crippen LogP contribution in [0.2, 0.25) is 0 Å². The molecule has 3 fully saturated rings. The van der Waals surface area contributed by atoms with Crippen molar-refractivity contribution in [1.82, 2.24) is 19.7 Å². The quantitative estimate of drug-likeness (QED) is 0.805. The lowest BCUT2D eigenvalue weighted by atomic mass is 9.77. The fourth-order valence-corrected chi connectivity index (χ4v) is 5.94. The van der Waals surface area contributed by atoms with Gasteiger partial charge in [-0.3, -0.25) is 14.7 Å². The van der Waals surface area contributed by atoms with Gasteiger partial charge in [-0.15, -0.1) is 0 Å². The minimum absolute atomic E-state index is 0.0912. The first-order chi connectivity index (χ1) is 14.9. The molecule has 5 rings (SSSR count). The number of hydrogen-bond acceptors (Lipinski definition) is 5. The van der Waals surface area contributed by atoms with Gasteiger partial charge >= 0.3 is 0 Å². The maximum Gasteiger partial charge on any atom is 0.255 e. The van der Waals surface area contributed by atoms with Gasteiger partial charge in [0.15, 0.2) is 0 Å². The second kappa shape index (κ2) is 8.15. The number of pyridine rings is 1. The smallest absolute Gasteiger partial charge is 0.255 e. The molecule has 1 aromatic carbocycles. The number of nitrogens with zero attached hydrogens (tertiary/aromatic N) is 4. The van der Waals surface area contributed by atoms with Crippen LogP contribution >= 0.6 is 0 Å². The van der Waals surface area contributed by atoms with E-state index in [2.05, 4.69) is 29.8 Å². The third kappa shape index (κ3) is 3.86. The maximum atomic E-state index is 13.4. The standard InChI is InChI=1S/C25H34N4O2/c1-16-5-4-6-18-11-21(17(2)26-24(16)18)25(31)29-14-19-12-22(23(30)13-20(19)15-29)28-9-7-27(3)8-10-28/h4-6,11,19-20,22-23,30H,7-10,12-15H2,1-3H3/t19-,20+,22-,23-/m1/s1. The fourth-order valence-electron chi connectivity index (χ4n) is 5.94. The van der Waals surface area contributed by atoms with Crippen LogP contribution in [0, 0.1) is 25.7 Å². The average Bonchev–Trinajstić information content (AvgIpc) is 3.16. The molecule has 1 N–H and O–H groups in total. The summed E-state index contributed by atoms with van der Waals surface area (Å²) in [6, 6.07) is 8.36. The number of carbonyl (C=O) groups is 1. The van der Waals surface area contributed by atoms with E-state index in [0.29, 0.717) is 17.4 Å². The van der Waals surface area contributed by atoms with Crippen molar-refractivity contribution in [3.63, 3.8) is 0 Å². The van der Waals surface area contributed by atoms with Crippen LogP contribution in [0.25, 0.3) is 10.9 Å². The monoisotopic (exact) mass is 422 g/mol. The normalized spacial score (nSPS) is 30.0. The van der Waals surface area contributed by atoms with Crippen LogP contribution in [0.1, 0.15) is 34.5 Å². The first kappa shape index (κ1) is 20.9. The summed E-state index contributed by atoms with van der Waals surface area (Å²) in [6.07, 6.45) is 1.51. The van der Waals surface area contributed by atoms with E-state index in [0.717, 1.165) is 74.3 Å². The highest BCUT2D eigenvalue weighted by molar-refractivity contribution is 5.99. The summed E-state index contributed by atoms with van der Waals surface area (Å²) in [4.78, 5) is 25.0. The molecule has 1 amide bonds. The molecule has 2 aliphatic heterocycles. The van der Waals surface area contributed by atoms with Gasteiger partial charge in [0.2, 0.25) is 0 Å². The number of aliphatic hydroxyl groups excluding tert-OH is 1. The molecular weight excluding hydrogens is 388 g/mol. The second-order valence-electron chi connectivity index (χ2n) is 9.94. The van der Waals surface area contributed by atoms with Gasteiger partial charge in [-0.2, -0.15) is 0 Å². The van der Waals surface area contributed by atoms with Crippen molar-refractivity contribution in [3.8, 4) is 0 Å². The number of para-hydroxylation sites is 1. The molecule has 3 aliphatic rings. The Morgan fingerprint density at radius 1 is 1.06 bits per heavy atom. The van der Waals surface area contributed by atoms with Crippen LogP contribution in [-0.4, -0.2) is 89.2 Å². The minimum atomic E-state index is -0.285. The number of likely N-dealkylation sites (tertiary alicyclic amines) is 1. The summed E-state index contributed by atoms with van der Waals surface area (Å²) < 4.78 is 0. The Morgan fingerprint density at radius 3 is 2.52 bits per heavy atom. The van der Waals surface area contributed by atoms with Crippen LogP contribution < -0.4 is 0 Å². The number of benzene rings is 1. The zero-order valence-electron chi connectivity index (χ0n) is 18.9. The number of fused-ring (bicyclic) bond motifs is 2. The highest BCUT2D eigenvalue weighted by atomic mass is 16.3. The SMILES string of the molecule is Cc1nc2c(C)cccc2cc1C(=O)N1C[C@H]2C[C@@H](N3CCN(C)CC3)[C@H](O)C[C@H]2C1. The van der Waals surface area contributed by atoms with E-state index in [1.807, 2.05) is 30.0 Å². The highest BCUT2D eigenvalue weighted by Gasteiger charge is 2.45. The zero-order chi connectivity index (χ0) is 21.7. The van der Waals surface area contributed by atoms with Crippen molar-refractivity contribution in [1.29, 1.82) is 0 Å². The summed E-state index contributed by atoms with van der Waals surface area (Å²) in [5.41, 5.74) is 3.63. The van der Waals surface area contributed by atoms with Crippen molar-refractivity contribution in [2.24, 2.45) is 11.8 Å². The van der Waals surface area contributed by atoms with E-state index >= 15 is 0 Å². The summed E-state index contributed by atoms with van der Waals surface area (Å²) in [5, 5.41) is 11.9. The Balaban J connectivity index is 1.32. The molecule has 0 radical (unpaired) electrons. The molecule has 3 heterocycles. The second-order valence-corrected chi connectivity index (χ2v) is 9.94. The topological polar surface area (TPSA) is 59.9 Å². The van der Waals surface area contributed by atoms with Crippen molar-refractivity contribution in [2.45, 2.75) is 38.8 Å². The van der Waals surface area contributed by atoms with Crippen molar-refractivity contribution in [3.05, 3.63) is 41.1 Å². The summed E-state index contributed by atoms with van der Waals surface area (Å²) in [6.45, 7) is 9.73. The van der Waals surface area contributed by atoms with Gasteiger partial charge < -0.3 is 14.9 Å². The zero-order valence-corrected chi connectivity index (χ0v) is 18.9. The summed E-state index contributed by atoms with van der Waals surface area (Å²) in [5.74, 6) is 0.972. The third-order valence-corrected chi connectivity index (χ3v) is 7.87. The van der Waals surface area contributed by atoms with Crippen molar-refractivity contribution >= 4 is 16.8 Å². The predicted octanol–water partition coefficient (Wildman–Crippen LogP) is 2.31. The van der Waals surface area contributed by atoms with Crippen LogP contribution in [0.3, 0.4) is 0 Å². The molecule has 0 unspecified atom stereocenters. The predicted molar refractivity (Wildman–Crippen MR) is 122 cm³/mol. The van der Waals surface area contributed by atoms with Crippen LogP contribution in [0.4, 0.5) is 0 Å². The molecule has 2 aromatic rings. The highest BCUT2D eigenvalue weighted by Crippen LogP contribution is 2.39. The molecule has 1 saturated carbocycles. The molecule has 0 spiro atoms. The van der Waals surface area contributed by atoms with Gasteiger partial charge in [-0.25, -0.2) is 0 Å². The molecule has 0 bridgehead atoms. The largest absolute Gasteiger partial charge is 0.391 e. The summed E-state index contributed by atoms with van der Waals surface area (Å²) in [7, 11) is 2.16. The molecule has 1 aromatic heterocycles. The molecule has 1 aliphatic carbocycles. The lowest BCUT2D eigenvalue weighted by Crippen LogP contribution is -2.55. The number of amides is 1. The number of rotatable bonds is 2. The molecular formula is C25H34N4O2. The third-order valence-electron chi connectivity index (χ3n) is 7.87. The van der Waals surface area contributed by atoms with Crippen LogP contribution in [0.15, 0.2) is 24.3 Å². The Bertz CT molecular complexity index is 985. The van der Waals surface area contributed by atoms with Gasteiger partial charge in [-0.05, 0) is 57.2 Å². The first-order valence-corrected chi connectivity index (χ1v) is 11.7. The van der Waals surface area contributed by atoms with Crippen molar-refractivity contribution < 1.29 is 9.90 Å². The van der Waals surface area contributed by atoms with Gasteiger partial charge in [0.25, 0.3) is 5.91 Å². The molecule has 31 heavy (non-hydrogen) atoms. The van der Waals surface area contributed by atoms with E-state index in [1.165, 1.54) is 0 Å². The van der Waals surface area contributed by atoms with Gasteiger partial charge in [0.1, 0.15) is 0 Å². The van der Waals surface area contributed by atoms with E-state index in [-0.39, 0.29) is 18.1 Å². The number of hydrogen-bond donors (Lipinski definition) is 1. The Morgan fingerprint density at radius 2 is 1.77 bits per heavy atom. The van der Waals surface area contributed by atoms with Crippen LogP contribution in [0.5, 0.6) is 0 Å². The Kier molecular flexibility index (Phi) is 5.49. The van der Waals surface area contributed by atoms with E-state index in [4.69, 9.17) is 4.98 Å². The Hall–Kier alpha value is -2.02. The number of aliphatic hydroxyl groups is 1. The van der Waals surface area contributed by atoms with Gasteiger partial charge in [0.05, 0.1) is 22.9 Å². The van der Waals surface area contributed by atoms with E-state index < -0.39 is 0 Å². The number of likely N-dealkylation sites (N-methyl/N-ethyl adjacent to an activating group) is 1. The number of aryl methyl sites for hydroxylation is 2. The van der Waals surface area contributed by atoms with Crippen LogP contribution in [-0.2, 0) is 0 Å². The molecule has 6 nitrogen and oxygen atoms in total. The first-order valence-electron chi connectivity index (χ1n) is 11.7. The minimum Gasteiger partial charge on any atom is -0.391 e. The number of carbonyl (C=O) groups excluding carboxylic acids is 1. The molecule has 166 valence electrons. The van der Waals surface area contributed by atoms with Gasteiger partial charge in [-0.1, -0.05) is 18.2 Å². The molecule has 2 saturated heterocycles. The lowest BCUT2D eigenvalue weighted by Gasteiger charge is -2.44. The molecule has 6 heteroatoms. The Labute approximate surface area is 184 Å². The maximum absolute atomic E-state index is 13.4. The fraction of sp³-hybridized carbons (Fsp3) is 0.600. The lowest BCUT2D eigenvalue weighted by molar-refractivity contribution is -0.0249. The van der Waals surface area contributed by atoms with Crippen molar-refractivity contribution in [2.75, 3.05) is 46.3 Å². The van der Waals surface area contributed by atoms with Gasteiger partial charge in [0, 0.05) is 50.7 Å².